The van der Waals surface area contributed by atoms with Crippen molar-refractivity contribution in [3.8, 4) is 0 Å². The molecule has 4 heteroatoms. The second-order valence-corrected chi connectivity index (χ2v) is 5.27. The topological polar surface area (TPSA) is 33.1 Å². The Hall–Kier alpha value is -1.26. The Balaban J connectivity index is 2.23. The summed E-state index contributed by atoms with van der Waals surface area (Å²) in [5.74, 6) is -0.317. The van der Waals surface area contributed by atoms with Gasteiger partial charge in [-0.2, -0.15) is 0 Å². The molecule has 1 N–H and O–H groups in total. The van der Waals surface area contributed by atoms with Crippen LogP contribution in [0.4, 0.5) is 4.39 Å². The fraction of sp³-hybridized carbons (Fsp3) is 0.267. The molecule has 100 valence electrons. The maximum Gasteiger partial charge on any atom is 0.127 e. The Labute approximate surface area is 120 Å². The SMILES string of the molecule is CCc1cccnc1C(O)Cc1ccc(Br)cc1F. The summed E-state index contributed by atoms with van der Waals surface area (Å²) in [6.07, 6.45) is 1.88. The third kappa shape index (κ3) is 3.39. The highest BCUT2D eigenvalue weighted by molar-refractivity contribution is 9.10. The van der Waals surface area contributed by atoms with E-state index in [2.05, 4.69) is 20.9 Å². The van der Waals surface area contributed by atoms with Gasteiger partial charge >= 0.3 is 0 Å². The number of aliphatic hydroxyl groups is 1. The zero-order valence-electron chi connectivity index (χ0n) is 10.6. The molecule has 1 unspecified atom stereocenters. The molecule has 2 rings (SSSR count). The van der Waals surface area contributed by atoms with Crippen LogP contribution >= 0.6 is 15.9 Å². The van der Waals surface area contributed by atoms with Crippen LogP contribution in [0.5, 0.6) is 0 Å². The molecular formula is C15H15BrFNO. The minimum atomic E-state index is -0.785. The first-order valence-electron chi connectivity index (χ1n) is 6.17. The summed E-state index contributed by atoms with van der Waals surface area (Å²) in [6, 6.07) is 8.63. The molecule has 0 saturated carbocycles. The largest absolute Gasteiger partial charge is 0.386 e. The fourth-order valence-corrected chi connectivity index (χ4v) is 2.38. The molecule has 0 aliphatic heterocycles. The van der Waals surface area contributed by atoms with E-state index in [1.54, 1.807) is 18.3 Å². The Bertz CT molecular complexity index is 574. The normalized spacial score (nSPS) is 12.4. The van der Waals surface area contributed by atoms with Crippen LogP contribution < -0.4 is 0 Å². The van der Waals surface area contributed by atoms with Gasteiger partial charge < -0.3 is 5.11 Å². The standard InChI is InChI=1S/C15H15BrFNO/c1-2-10-4-3-7-18-15(10)14(19)8-11-5-6-12(16)9-13(11)17/h3-7,9,14,19H,2,8H2,1H3. The molecule has 2 aromatic rings. The lowest BCUT2D eigenvalue weighted by Gasteiger charge is -2.14. The average molecular weight is 324 g/mol. The Morgan fingerprint density at radius 2 is 2.11 bits per heavy atom. The number of nitrogens with zero attached hydrogens (tertiary/aromatic N) is 1. The molecule has 0 bridgehead atoms. The second-order valence-electron chi connectivity index (χ2n) is 4.36. The minimum absolute atomic E-state index is 0.225. The van der Waals surface area contributed by atoms with Gasteiger partial charge in [0.2, 0.25) is 0 Å². The predicted molar refractivity (Wildman–Crippen MR) is 76.4 cm³/mol. The minimum Gasteiger partial charge on any atom is -0.386 e. The van der Waals surface area contributed by atoms with E-state index < -0.39 is 6.10 Å². The molecule has 0 radical (unpaired) electrons. The van der Waals surface area contributed by atoms with Crippen LogP contribution in [0.15, 0.2) is 41.0 Å². The summed E-state index contributed by atoms with van der Waals surface area (Å²) in [5, 5.41) is 10.2. The predicted octanol–water partition coefficient (Wildman–Crippen LogP) is 3.82. The molecule has 1 atom stereocenters. The number of aryl methyl sites for hydroxylation is 1. The number of aliphatic hydroxyl groups excluding tert-OH is 1. The van der Waals surface area contributed by atoms with Crippen molar-refractivity contribution >= 4 is 15.9 Å². The van der Waals surface area contributed by atoms with Crippen LogP contribution in [-0.4, -0.2) is 10.1 Å². The van der Waals surface area contributed by atoms with Crippen LogP contribution in [0.2, 0.25) is 0 Å². The molecule has 0 aliphatic rings. The first-order valence-corrected chi connectivity index (χ1v) is 6.97. The van der Waals surface area contributed by atoms with Gasteiger partial charge in [0.15, 0.2) is 0 Å². The molecule has 0 fully saturated rings. The van der Waals surface area contributed by atoms with Gasteiger partial charge in [-0.05, 0) is 35.7 Å². The zero-order valence-corrected chi connectivity index (χ0v) is 12.2. The van der Waals surface area contributed by atoms with Crippen LogP contribution in [0.25, 0.3) is 0 Å². The molecular weight excluding hydrogens is 309 g/mol. The lowest BCUT2D eigenvalue weighted by molar-refractivity contribution is 0.171. The zero-order chi connectivity index (χ0) is 13.8. The summed E-state index contributed by atoms with van der Waals surface area (Å²) in [4.78, 5) is 4.21. The van der Waals surface area contributed by atoms with Crippen molar-refractivity contribution in [3.05, 3.63) is 63.6 Å². The molecule has 1 heterocycles. The smallest absolute Gasteiger partial charge is 0.127 e. The van der Waals surface area contributed by atoms with Gasteiger partial charge in [0.1, 0.15) is 11.9 Å². The highest BCUT2D eigenvalue weighted by atomic mass is 79.9. The summed E-state index contributed by atoms with van der Waals surface area (Å²) < 4.78 is 14.4. The van der Waals surface area contributed by atoms with Gasteiger partial charge in [-0.25, -0.2) is 4.39 Å². The molecule has 1 aromatic carbocycles. The number of halogens is 2. The maximum absolute atomic E-state index is 13.7. The first-order chi connectivity index (χ1) is 9.11. The second kappa shape index (κ2) is 6.26. The summed E-state index contributed by atoms with van der Waals surface area (Å²) in [5.41, 5.74) is 2.11. The highest BCUT2D eigenvalue weighted by Gasteiger charge is 2.15. The van der Waals surface area contributed by atoms with Crippen LogP contribution in [0.1, 0.15) is 29.8 Å². The number of rotatable bonds is 4. The summed E-state index contributed by atoms with van der Waals surface area (Å²) >= 11 is 3.22. The quantitative estimate of drug-likeness (QED) is 0.927. The van der Waals surface area contributed by atoms with Crippen molar-refractivity contribution in [1.82, 2.24) is 4.98 Å². The Kier molecular flexibility index (Phi) is 4.66. The van der Waals surface area contributed by atoms with E-state index in [9.17, 15) is 9.50 Å². The van der Waals surface area contributed by atoms with Gasteiger partial charge in [0.25, 0.3) is 0 Å². The average Bonchev–Trinajstić information content (AvgIpc) is 2.41. The third-order valence-corrected chi connectivity index (χ3v) is 3.54. The van der Waals surface area contributed by atoms with E-state index in [4.69, 9.17) is 0 Å². The molecule has 0 saturated heterocycles. The number of pyridine rings is 1. The molecule has 0 aliphatic carbocycles. The van der Waals surface area contributed by atoms with Gasteiger partial charge in [-0.1, -0.05) is 35.0 Å². The van der Waals surface area contributed by atoms with E-state index >= 15 is 0 Å². The van der Waals surface area contributed by atoms with Crippen molar-refractivity contribution in [1.29, 1.82) is 0 Å². The van der Waals surface area contributed by atoms with Crippen molar-refractivity contribution in [3.63, 3.8) is 0 Å². The van der Waals surface area contributed by atoms with Crippen molar-refractivity contribution in [2.24, 2.45) is 0 Å². The Morgan fingerprint density at radius 3 is 2.79 bits per heavy atom. The highest BCUT2D eigenvalue weighted by Crippen LogP contribution is 2.23. The van der Waals surface area contributed by atoms with Crippen LogP contribution in [0.3, 0.4) is 0 Å². The number of hydrogen-bond acceptors (Lipinski definition) is 2. The van der Waals surface area contributed by atoms with E-state index in [0.29, 0.717) is 15.7 Å². The van der Waals surface area contributed by atoms with E-state index in [1.165, 1.54) is 6.07 Å². The number of hydrogen-bond donors (Lipinski definition) is 1. The van der Waals surface area contributed by atoms with E-state index in [1.807, 2.05) is 19.1 Å². The number of benzene rings is 1. The van der Waals surface area contributed by atoms with Gasteiger partial charge in [-0.15, -0.1) is 0 Å². The molecule has 2 nitrogen and oxygen atoms in total. The van der Waals surface area contributed by atoms with Gasteiger partial charge in [-0.3, -0.25) is 4.98 Å². The molecule has 0 amide bonds. The van der Waals surface area contributed by atoms with Crippen molar-refractivity contribution < 1.29 is 9.50 Å². The monoisotopic (exact) mass is 323 g/mol. The summed E-state index contributed by atoms with van der Waals surface area (Å²) in [6.45, 7) is 2.01. The Morgan fingerprint density at radius 1 is 1.32 bits per heavy atom. The van der Waals surface area contributed by atoms with Crippen molar-refractivity contribution in [2.75, 3.05) is 0 Å². The van der Waals surface area contributed by atoms with Crippen molar-refractivity contribution in [2.45, 2.75) is 25.9 Å². The van der Waals surface area contributed by atoms with E-state index in [-0.39, 0.29) is 12.2 Å². The summed E-state index contributed by atoms with van der Waals surface area (Å²) in [7, 11) is 0. The van der Waals surface area contributed by atoms with E-state index in [0.717, 1.165) is 12.0 Å². The lowest BCUT2D eigenvalue weighted by Crippen LogP contribution is -2.08. The molecule has 19 heavy (non-hydrogen) atoms. The van der Waals surface area contributed by atoms with Crippen LogP contribution in [0, 0.1) is 5.82 Å². The fourth-order valence-electron chi connectivity index (χ4n) is 2.04. The van der Waals surface area contributed by atoms with Gasteiger partial charge in [0, 0.05) is 17.1 Å². The van der Waals surface area contributed by atoms with Gasteiger partial charge in [0.05, 0.1) is 5.69 Å². The lowest BCUT2D eigenvalue weighted by atomic mass is 10.0. The first kappa shape index (κ1) is 14.2. The third-order valence-electron chi connectivity index (χ3n) is 3.05. The van der Waals surface area contributed by atoms with Crippen LogP contribution in [-0.2, 0) is 12.8 Å². The maximum atomic E-state index is 13.7. The number of aromatic nitrogens is 1. The molecule has 1 aromatic heterocycles. The molecule has 0 spiro atoms.